The van der Waals surface area contributed by atoms with Crippen LogP contribution in [0.5, 0.6) is 0 Å². The Morgan fingerprint density at radius 3 is 2.52 bits per heavy atom. The number of aliphatic carboxylic acids is 1. The number of rotatable bonds is 7. The number of aryl methyl sites for hydroxylation is 1. The molecule has 116 valence electrons. The van der Waals surface area contributed by atoms with E-state index in [1.165, 1.54) is 6.92 Å². The minimum atomic E-state index is -3.27. The highest BCUT2D eigenvalue weighted by atomic mass is 32.2. The fourth-order valence-corrected chi connectivity index (χ4v) is 2.61. The Morgan fingerprint density at radius 2 is 2.00 bits per heavy atom. The van der Waals surface area contributed by atoms with E-state index < -0.39 is 27.8 Å². The smallest absolute Gasteiger partial charge is 0.326 e. The van der Waals surface area contributed by atoms with Crippen LogP contribution in [0.2, 0.25) is 0 Å². The Kier molecular flexibility index (Phi) is 5.90. The van der Waals surface area contributed by atoms with E-state index in [0.717, 1.165) is 5.56 Å². The highest BCUT2D eigenvalue weighted by Crippen LogP contribution is 2.06. The highest BCUT2D eigenvalue weighted by molar-refractivity contribution is 7.91. The minimum absolute atomic E-state index is 0.0504. The number of sulfone groups is 1. The maximum Gasteiger partial charge on any atom is 0.326 e. The number of hydrogen-bond acceptors (Lipinski definition) is 4. The molecular weight excluding hydrogens is 294 g/mol. The van der Waals surface area contributed by atoms with Gasteiger partial charge in [-0.2, -0.15) is 0 Å². The van der Waals surface area contributed by atoms with E-state index in [0.29, 0.717) is 5.56 Å². The molecule has 1 unspecified atom stereocenters. The molecule has 1 aromatic rings. The standard InChI is InChI=1S/C14H19NO5S/c1-3-21(19,20)8-7-12(14(17)18)15-13(16)11-6-4-5-10(2)9-11/h4-6,9,12H,3,7-8H2,1-2H3,(H,15,16)(H,17,18). The Balaban J connectivity index is 2.75. The first-order chi connectivity index (χ1) is 9.75. The van der Waals surface area contributed by atoms with Crippen molar-refractivity contribution in [2.24, 2.45) is 0 Å². The van der Waals surface area contributed by atoms with E-state index >= 15 is 0 Å². The van der Waals surface area contributed by atoms with Crippen LogP contribution in [0.15, 0.2) is 24.3 Å². The van der Waals surface area contributed by atoms with E-state index in [1.54, 1.807) is 18.2 Å². The van der Waals surface area contributed by atoms with Gasteiger partial charge in [-0.15, -0.1) is 0 Å². The number of hydrogen-bond donors (Lipinski definition) is 2. The fourth-order valence-electron chi connectivity index (χ4n) is 1.73. The molecule has 1 atom stereocenters. The van der Waals surface area contributed by atoms with Gasteiger partial charge >= 0.3 is 5.97 Å². The van der Waals surface area contributed by atoms with Gasteiger partial charge in [0.2, 0.25) is 0 Å². The quantitative estimate of drug-likeness (QED) is 0.782. The summed E-state index contributed by atoms with van der Waals surface area (Å²) in [5.41, 5.74) is 1.22. The molecule has 0 aliphatic rings. The number of carboxylic acids is 1. The summed E-state index contributed by atoms with van der Waals surface area (Å²) in [6, 6.07) is 5.50. The monoisotopic (exact) mass is 313 g/mol. The number of benzene rings is 1. The van der Waals surface area contributed by atoms with Crippen molar-refractivity contribution in [3.63, 3.8) is 0 Å². The molecule has 21 heavy (non-hydrogen) atoms. The largest absolute Gasteiger partial charge is 0.480 e. The highest BCUT2D eigenvalue weighted by Gasteiger charge is 2.23. The second-order valence-corrected chi connectivity index (χ2v) is 7.23. The second kappa shape index (κ2) is 7.21. The third-order valence-electron chi connectivity index (χ3n) is 3.04. The Labute approximate surface area is 124 Å². The van der Waals surface area contributed by atoms with E-state index in [2.05, 4.69) is 5.32 Å². The van der Waals surface area contributed by atoms with Crippen LogP contribution in [0, 0.1) is 6.92 Å². The van der Waals surface area contributed by atoms with Crippen molar-refractivity contribution < 1.29 is 23.1 Å². The fraction of sp³-hybridized carbons (Fsp3) is 0.429. The zero-order chi connectivity index (χ0) is 16.0. The SMILES string of the molecule is CCS(=O)(=O)CCC(NC(=O)c1cccc(C)c1)C(=O)O. The van der Waals surface area contributed by atoms with Crippen molar-refractivity contribution in [1.29, 1.82) is 0 Å². The summed E-state index contributed by atoms with van der Waals surface area (Å²) in [6.45, 7) is 3.32. The summed E-state index contributed by atoms with van der Waals surface area (Å²) < 4.78 is 22.8. The van der Waals surface area contributed by atoms with Crippen molar-refractivity contribution in [1.82, 2.24) is 5.32 Å². The van der Waals surface area contributed by atoms with Crippen LogP contribution in [0.1, 0.15) is 29.3 Å². The lowest BCUT2D eigenvalue weighted by molar-refractivity contribution is -0.139. The molecule has 6 nitrogen and oxygen atoms in total. The number of carbonyl (C=O) groups excluding carboxylic acids is 1. The lowest BCUT2D eigenvalue weighted by Crippen LogP contribution is -2.42. The molecule has 0 saturated carbocycles. The molecule has 1 aromatic carbocycles. The normalized spacial score (nSPS) is 12.7. The number of carboxylic acid groups (broad SMARTS) is 1. The summed E-state index contributed by atoms with van der Waals surface area (Å²) in [5, 5.41) is 11.4. The molecule has 0 saturated heterocycles. The van der Waals surface area contributed by atoms with E-state index in [9.17, 15) is 18.0 Å². The molecule has 1 rings (SSSR count). The number of nitrogens with one attached hydrogen (secondary N) is 1. The van der Waals surface area contributed by atoms with Gasteiger partial charge in [-0.05, 0) is 25.5 Å². The first kappa shape index (κ1) is 17.2. The van der Waals surface area contributed by atoms with E-state index in [4.69, 9.17) is 5.11 Å². The minimum Gasteiger partial charge on any atom is -0.480 e. The molecule has 0 heterocycles. The van der Waals surface area contributed by atoms with Crippen molar-refractivity contribution in [2.45, 2.75) is 26.3 Å². The van der Waals surface area contributed by atoms with Crippen molar-refractivity contribution in [2.75, 3.05) is 11.5 Å². The molecule has 1 amide bonds. The van der Waals surface area contributed by atoms with Crippen LogP contribution in [0.3, 0.4) is 0 Å². The van der Waals surface area contributed by atoms with Gasteiger partial charge in [0, 0.05) is 11.3 Å². The topological polar surface area (TPSA) is 101 Å². The van der Waals surface area contributed by atoms with Gasteiger partial charge in [-0.3, -0.25) is 4.79 Å². The average Bonchev–Trinajstić information content (AvgIpc) is 2.42. The van der Waals surface area contributed by atoms with Gasteiger partial charge < -0.3 is 10.4 Å². The Hall–Kier alpha value is -1.89. The maximum atomic E-state index is 12.0. The molecule has 0 spiro atoms. The predicted molar refractivity (Wildman–Crippen MR) is 79.0 cm³/mol. The summed E-state index contributed by atoms with van der Waals surface area (Å²) in [5.74, 6) is -2.10. The number of carbonyl (C=O) groups is 2. The van der Waals surface area contributed by atoms with Crippen LogP contribution in [-0.2, 0) is 14.6 Å². The summed E-state index contributed by atoms with van der Waals surface area (Å²) >= 11 is 0. The molecular formula is C14H19NO5S. The molecule has 0 aromatic heterocycles. The second-order valence-electron chi connectivity index (χ2n) is 4.76. The van der Waals surface area contributed by atoms with Gasteiger partial charge in [-0.25, -0.2) is 13.2 Å². The third-order valence-corrected chi connectivity index (χ3v) is 4.78. The Morgan fingerprint density at radius 1 is 1.33 bits per heavy atom. The molecule has 0 bridgehead atoms. The van der Waals surface area contributed by atoms with Gasteiger partial charge in [-0.1, -0.05) is 24.6 Å². The lowest BCUT2D eigenvalue weighted by Gasteiger charge is -2.14. The van der Waals surface area contributed by atoms with Gasteiger partial charge in [0.1, 0.15) is 15.9 Å². The summed E-state index contributed by atoms with van der Waals surface area (Å²) in [7, 11) is -3.27. The molecule has 0 aliphatic carbocycles. The molecule has 7 heteroatoms. The maximum absolute atomic E-state index is 12.0. The summed E-state index contributed by atoms with van der Waals surface area (Å²) in [4.78, 5) is 23.1. The molecule has 2 N–H and O–H groups in total. The Bertz CT molecular complexity index is 624. The van der Waals surface area contributed by atoms with Crippen molar-refractivity contribution in [3.8, 4) is 0 Å². The third kappa shape index (κ3) is 5.55. The van der Waals surface area contributed by atoms with Crippen LogP contribution in [-0.4, -0.2) is 42.9 Å². The first-order valence-corrected chi connectivity index (χ1v) is 8.38. The van der Waals surface area contributed by atoms with E-state index in [1.807, 2.05) is 13.0 Å². The van der Waals surface area contributed by atoms with Gasteiger partial charge in [0.05, 0.1) is 5.75 Å². The van der Waals surface area contributed by atoms with Gasteiger partial charge in [0.15, 0.2) is 0 Å². The lowest BCUT2D eigenvalue weighted by atomic mass is 10.1. The number of amides is 1. The van der Waals surface area contributed by atoms with Crippen LogP contribution >= 0.6 is 0 Å². The van der Waals surface area contributed by atoms with Crippen molar-refractivity contribution >= 4 is 21.7 Å². The predicted octanol–water partition coefficient (Wildman–Crippen LogP) is 1.00. The van der Waals surface area contributed by atoms with Crippen LogP contribution in [0.4, 0.5) is 0 Å². The van der Waals surface area contributed by atoms with Crippen LogP contribution in [0.25, 0.3) is 0 Å². The molecule has 0 aliphatic heterocycles. The molecule has 0 radical (unpaired) electrons. The molecule has 0 fully saturated rings. The van der Waals surface area contributed by atoms with Crippen LogP contribution < -0.4 is 5.32 Å². The average molecular weight is 313 g/mol. The zero-order valence-corrected chi connectivity index (χ0v) is 12.8. The first-order valence-electron chi connectivity index (χ1n) is 6.56. The zero-order valence-electron chi connectivity index (χ0n) is 12.0. The van der Waals surface area contributed by atoms with Gasteiger partial charge in [0.25, 0.3) is 5.91 Å². The summed E-state index contributed by atoms with van der Waals surface area (Å²) in [6.07, 6.45) is -0.150. The van der Waals surface area contributed by atoms with E-state index in [-0.39, 0.29) is 17.9 Å². The van der Waals surface area contributed by atoms with Crippen molar-refractivity contribution in [3.05, 3.63) is 35.4 Å².